The summed E-state index contributed by atoms with van der Waals surface area (Å²) in [5.41, 5.74) is 2.47. The van der Waals surface area contributed by atoms with Gasteiger partial charge in [-0.25, -0.2) is 9.97 Å². The van der Waals surface area contributed by atoms with E-state index in [1.807, 2.05) is 54.4 Å². The molecule has 1 amide bonds. The first-order valence-electron chi connectivity index (χ1n) is 13.9. The summed E-state index contributed by atoms with van der Waals surface area (Å²) in [4.78, 5) is 29.7. The van der Waals surface area contributed by atoms with Crippen LogP contribution in [0, 0.1) is 0 Å². The minimum Gasteiger partial charge on any atom is -0.360 e. The third-order valence-electron chi connectivity index (χ3n) is 7.89. The molecule has 3 heterocycles. The standard InChI is InChI=1S/C29H35ClF3N7O/c1-38(2)12-6-11-26(41)40-14-13-39(18-25(40)29(31,32)33)20-8-5-7-19(15-20)36-28-35-17-23(30)27(37-28)22-16-34-24-10-4-3-9-21(22)24/h3-4,6,9-11,16-17,19-20,25,34H,5,7-8,12-15,18H2,1-2H3,(H,35,36,37)/b11-6+/t19-,20+,25?/m1/s1. The molecule has 1 unspecified atom stereocenters. The number of carbonyl (C=O) groups excluding carboxylic acids is 1. The molecule has 0 bridgehead atoms. The van der Waals surface area contributed by atoms with Gasteiger partial charge < -0.3 is 20.1 Å². The van der Waals surface area contributed by atoms with Crippen molar-refractivity contribution in [2.45, 2.75) is 50.0 Å². The summed E-state index contributed by atoms with van der Waals surface area (Å²) in [6, 6.07) is 6.03. The molecule has 0 radical (unpaired) electrons. The van der Waals surface area contributed by atoms with Gasteiger partial charge >= 0.3 is 6.18 Å². The van der Waals surface area contributed by atoms with Crippen LogP contribution in [-0.2, 0) is 4.79 Å². The monoisotopic (exact) mass is 589 g/mol. The number of anilines is 1. The van der Waals surface area contributed by atoms with E-state index in [0.29, 0.717) is 36.2 Å². The number of benzene rings is 1. The van der Waals surface area contributed by atoms with E-state index in [2.05, 4.69) is 15.3 Å². The van der Waals surface area contributed by atoms with E-state index in [9.17, 15) is 18.0 Å². The second-order valence-corrected chi connectivity index (χ2v) is 11.5. The summed E-state index contributed by atoms with van der Waals surface area (Å²) < 4.78 is 42.3. The molecule has 8 nitrogen and oxygen atoms in total. The summed E-state index contributed by atoms with van der Waals surface area (Å²) in [5.74, 6) is -0.156. The van der Waals surface area contributed by atoms with Crippen LogP contribution in [0.3, 0.4) is 0 Å². The molecule has 2 aliphatic rings. The van der Waals surface area contributed by atoms with E-state index in [-0.39, 0.29) is 25.2 Å². The van der Waals surface area contributed by atoms with Gasteiger partial charge in [-0.3, -0.25) is 9.69 Å². The number of nitrogens with one attached hydrogen (secondary N) is 2. The van der Waals surface area contributed by atoms with Gasteiger partial charge in [0.05, 0.1) is 16.9 Å². The normalized spacial score (nSPS) is 22.6. The Morgan fingerprint density at radius 3 is 2.83 bits per heavy atom. The smallest absolute Gasteiger partial charge is 0.360 e. The summed E-state index contributed by atoms with van der Waals surface area (Å²) in [7, 11) is 3.67. The number of amides is 1. The van der Waals surface area contributed by atoms with Crippen molar-refractivity contribution < 1.29 is 18.0 Å². The number of likely N-dealkylation sites (N-methyl/N-ethyl adjacent to an activating group) is 1. The fraction of sp³-hybridized carbons (Fsp3) is 0.483. The number of H-pyrrole nitrogens is 1. The Morgan fingerprint density at radius 1 is 1.24 bits per heavy atom. The van der Waals surface area contributed by atoms with Gasteiger partial charge in [0.25, 0.3) is 0 Å². The molecule has 12 heteroatoms. The van der Waals surface area contributed by atoms with E-state index < -0.39 is 18.1 Å². The lowest BCUT2D eigenvalue weighted by atomic mass is 9.89. The van der Waals surface area contributed by atoms with Crippen LogP contribution in [0.4, 0.5) is 19.1 Å². The van der Waals surface area contributed by atoms with Crippen molar-refractivity contribution in [3.8, 4) is 11.3 Å². The minimum atomic E-state index is -4.51. The molecule has 2 aromatic heterocycles. The predicted octanol–water partition coefficient (Wildman–Crippen LogP) is 5.19. The fourth-order valence-corrected chi connectivity index (χ4v) is 6.03. The van der Waals surface area contributed by atoms with E-state index >= 15 is 0 Å². The van der Waals surface area contributed by atoms with E-state index in [1.54, 1.807) is 12.3 Å². The van der Waals surface area contributed by atoms with Gasteiger partial charge in [-0.2, -0.15) is 13.2 Å². The Hall–Kier alpha value is -3.15. The van der Waals surface area contributed by atoms with Crippen LogP contribution < -0.4 is 5.32 Å². The van der Waals surface area contributed by atoms with Crippen molar-refractivity contribution >= 4 is 34.4 Å². The molecule has 1 aromatic carbocycles. The van der Waals surface area contributed by atoms with Crippen molar-refractivity contribution in [2.24, 2.45) is 0 Å². The van der Waals surface area contributed by atoms with Crippen LogP contribution >= 0.6 is 11.6 Å². The topological polar surface area (TPSA) is 80.4 Å². The van der Waals surface area contributed by atoms with Crippen molar-refractivity contribution in [3.05, 3.63) is 53.8 Å². The number of aromatic nitrogens is 3. The van der Waals surface area contributed by atoms with E-state index in [4.69, 9.17) is 16.6 Å². The van der Waals surface area contributed by atoms with Crippen LogP contribution in [0.2, 0.25) is 5.02 Å². The lowest BCUT2D eigenvalue weighted by molar-refractivity contribution is -0.201. The maximum atomic E-state index is 14.1. The third kappa shape index (κ3) is 6.85. The largest absolute Gasteiger partial charge is 0.410 e. The molecule has 5 rings (SSSR count). The number of piperazine rings is 1. The number of aromatic amines is 1. The number of alkyl halides is 3. The van der Waals surface area contributed by atoms with E-state index in [1.165, 1.54) is 6.08 Å². The average Bonchev–Trinajstić information content (AvgIpc) is 3.37. The van der Waals surface area contributed by atoms with Crippen LogP contribution in [0.15, 0.2) is 48.8 Å². The highest BCUT2D eigenvalue weighted by Gasteiger charge is 2.49. The van der Waals surface area contributed by atoms with Crippen LogP contribution in [0.5, 0.6) is 0 Å². The van der Waals surface area contributed by atoms with E-state index in [0.717, 1.165) is 40.6 Å². The maximum Gasteiger partial charge on any atom is 0.410 e. The Labute approximate surface area is 242 Å². The summed E-state index contributed by atoms with van der Waals surface area (Å²) in [6.07, 6.45) is 5.00. The second kappa shape index (κ2) is 12.4. The average molecular weight is 590 g/mol. The first-order valence-corrected chi connectivity index (χ1v) is 14.3. The molecule has 3 aromatic rings. The zero-order valence-corrected chi connectivity index (χ0v) is 23.9. The first-order chi connectivity index (χ1) is 19.6. The van der Waals surface area contributed by atoms with Gasteiger partial charge in [-0.05, 0) is 45.8 Å². The highest BCUT2D eigenvalue weighted by atomic mass is 35.5. The minimum absolute atomic E-state index is 0.00343. The summed E-state index contributed by atoms with van der Waals surface area (Å²) >= 11 is 6.48. The molecule has 1 aliphatic heterocycles. The highest BCUT2D eigenvalue weighted by molar-refractivity contribution is 6.33. The molecule has 1 aliphatic carbocycles. The molecule has 0 spiro atoms. The Kier molecular flexibility index (Phi) is 8.86. The Balaban J connectivity index is 1.26. The molecule has 41 heavy (non-hydrogen) atoms. The predicted molar refractivity (Wildman–Crippen MR) is 155 cm³/mol. The number of fused-ring (bicyclic) bond motifs is 1. The van der Waals surface area contributed by atoms with Crippen LogP contribution in [0.25, 0.3) is 22.2 Å². The highest BCUT2D eigenvalue weighted by Crippen LogP contribution is 2.34. The molecule has 220 valence electrons. The zero-order valence-electron chi connectivity index (χ0n) is 23.2. The number of nitrogens with zero attached hydrogens (tertiary/aromatic N) is 5. The van der Waals surface area contributed by atoms with Crippen LogP contribution in [-0.4, -0.2) is 100 Å². The lowest BCUT2D eigenvalue weighted by Gasteiger charge is -2.46. The molecule has 2 fully saturated rings. The van der Waals surface area contributed by atoms with Gasteiger partial charge in [0.2, 0.25) is 11.9 Å². The van der Waals surface area contributed by atoms with Crippen molar-refractivity contribution in [2.75, 3.05) is 45.6 Å². The quantitative estimate of drug-likeness (QED) is 0.369. The number of rotatable bonds is 7. The molecule has 1 saturated heterocycles. The number of halogens is 4. The lowest BCUT2D eigenvalue weighted by Crippen LogP contribution is -2.62. The van der Waals surface area contributed by atoms with Gasteiger partial charge in [0.15, 0.2) is 0 Å². The molecular formula is C29H35ClF3N7O. The summed E-state index contributed by atoms with van der Waals surface area (Å²) in [6.45, 7) is 0.702. The van der Waals surface area contributed by atoms with Gasteiger partial charge in [0, 0.05) is 67.0 Å². The molecule has 1 saturated carbocycles. The van der Waals surface area contributed by atoms with Crippen molar-refractivity contribution in [1.82, 2.24) is 29.7 Å². The Bertz CT molecular complexity index is 1390. The zero-order chi connectivity index (χ0) is 29.1. The number of para-hydroxylation sites is 1. The van der Waals surface area contributed by atoms with Crippen molar-refractivity contribution in [3.63, 3.8) is 0 Å². The SMILES string of the molecule is CN(C)C/C=C/C(=O)N1CCN([C@H]2CCC[C@@H](Nc3ncc(Cl)c(-c4c[nH]c5ccccc45)n3)C2)CC1C(F)(F)F. The van der Waals surface area contributed by atoms with Gasteiger partial charge in [-0.15, -0.1) is 0 Å². The molecular weight excluding hydrogens is 555 g/mol. The summed E-state index contributed by atoms with van der Waals surface area (Å²) in [5, 5.41) is 4.85. The van der Waals surface area contributed by atoms with Crippen LogP contribution in [0.1, 0.15) is 25.7 Å². The number of hydrogen-bond donors (Lipinski definition) is 2. The number of hydrogen-bond acceptors (Lipinski definition) is 6. The Morgan fingerprint density at radius 2 is 2.05 bits per heavy atom. The number of carbonyl (C=O) groups is 1. The molecule has 3 atom stereocenters. The molecule has 2 N–H and O–H groups in total. The van der Waals surface area contributed by atoms with Gasteiger partial charge in [-0.1, -0.05) is 35.9 Å². The van der Waals surface area contributed by atoms with Crippen molar-refractivity contribution in [1.29, 1.82) is 0 Å². The first kappa shape index (κ1) is 29.3. The maximum absolute atomic E-state index is 14.1. The third-order valence-corrected chi connectivity index (χ3v) is 8.16. The van der Waals surface area contributed by atoms with Gasteiger partial charge in [0.1, 0.15) is 6.04 Å². The second-order valence-electron chi connectivity index (χ2n) is 11.0. The fourth-order valence-electron chi connectivity index (χ4n) is 5.84.